The number of hydrogen-bond donors (Lipinski definition) is 2. The van der Waals surface area contributed by atoms with Gasteiger partial charge in [-0.3, -0.25) is 0 Å². The second kappa shape index (κ2) is 5.21. The summed E-state index contributed by atoms with van der Waals surface area (Å²) < 4.78 is 4.97. The summed E-state index contributed by atoms with van der Waals surface area (Å²) in [6, 6.07) is 10.9. The normalized spacial score (nSPS) is 9.94. The van der Waals surface area contributed by atoms with Crippen molar-refractivity contribution in [2.24, 2.45) is 0 Å². The number of methoxy groups -OCH3 is 1. The van der Waals surface area contributed by atoms with E-state index in [1.165, 1.54) is 0 Å². The summed E-state index contributed by atoms with van der Waals surface area (Å²) in [6.07, 6.45) is 1.69. The van der Waals surface area contributed by atoms with Crippen LogP contribution in [0.25, 0.3) is 0 Å². The molecule has 2 aromatic rings. The van der Waals surface area contributed by atoms with E-state index in [2.05, 4.69) is 10.3 Å². The Kier molecular flexibility index (Phi) is 3.45. The molecule has 0 unspecified atom stereocenters. The molecule has 0 saturated heterocycles. The van der Waals surface area contributed by atoms with Gasteiger partial charge in [-0.15, -0.1) is 0 Å². The number of aromatic nitrogens is 1. The Hall–Kier alpha value is -2.23. The molecule has 0 amide bonds. The molecule has 4 nitrogen and oxygen atoms in total. The van der Waals surface area contributed by atoms with Crippen molar-refractivity contribution < 1.29 is 9.84 Å². The minimum absolute atomic E-state index is 0.293. The number of ether oxygens (including phenoxy) is 1. The second-order valence-corrected chi connectivity index (χ2v) is 3.57. The quantitative estimate of drug-likeness (QED) is 0.846. The van der Waals surface area contributed by atoms with Crippen molar-refractivity contribution in [1.82, 2.24) is 4.98 Å². The van der Waals surface area contributed by atoms with Gasteiger partial charge in [0.1, 0.15) is 5.75 Å². The van der Waals surface area contributed by atoms with Crippen molar-refractivity contribution in [1.29, 1.82) is 0 Å². The van der Waals surface area contributed by atoms with Crippen molar-refractivity contribution in [3.05, 3.63) is 48.2 Å². The van der Waals surface area contributed by atoms with E-state index in [9.17, 15) is 5.11 Å². The number of aromatic hydroxyl groups is 1. The fourth-order valence-electron chi connectivity index (χ4n) is 1.46. The van der Waals surface area contributed by atoms with Crippen LogP contribution >= 0.6 is 0 Å². The number of nitrogens with one attached hydrogen (secondary N) is 1. The van der Waals surface area contributed by atoms with Crippen LogP contribution in [-0.4, -0.2) is 17.2 Å². The maximum atomic E-state index is 9.60. The first-order valence-electron chi connectivity index (χ1n) is 5.30. The highest BCUT2D eigenvalue weighted by Gasteiger charge is 1.99. The molecular formula is C13H14N2O2. The first-order valence-corrected chi connectivity index (χ1v) is 5.30. The lowest BCUT2D eigenvalue weighted by atomic mass is 10.2. The number of nitrogens with zero attached hydrogens (tertiary/aromatic N) is 1. The summed E-state index contributed by atoms with van der Waals surface area (Å²) in [6.45, 7) is 0.556. The minimum atomic E-state index is 0.293. The van der Waals surface area contributed by atoms with Crippen molar-refractivity contribution in [2.45, 2.75) is 6.54 Å². The van der Waals surface area contributed by atoms with Crippen molar-refractivity contribution >= 4 is 5.69 Å². The molecular weight excluding hydrogens is 216 g/mol. The van der Waals surface area contributed by atoms with Crippen LogP contribution in [0, 0.1) is 0 Å². The second-order valence-electron chi connectivity index (χ2n) is 3.57. The number of anilines is 1. The summed E-state index contributed by atoms with van der Waals surface area (Å²) in [7, 11) is 1.58. The van der Waals surface area contributed by atoms with Gasteiger partial charge in [-0.05, 0) is 12.1 Å². The lowest BCUT2D eigenvalue weighted by Crippen LogP contribution is -2.00. The standard InChI is InChI=1S/C13H14N2O2/c1-17-13-7-6-11(9-15-13)14-8-10-4-2-3-5-12(10)16/h2-7,9,14,16H,8H2,1H3. The summed E-state index contributed by atoms with van der Waals surface area (Å²) in [5.74, 6) is 0.875. The van der Waals surface area contributed by atoms with Crippen LogP contribution in [0.15, 0.2) is 42.6 Å². The molecule has 1 heterocycles. The van der Waals surface area contributed by atoms with Gasteiger partial charge < -0.3 is 15.2 Å². The van der Waals surface area contributed by atoms with E-state index in [4.69, 9.17) is 4.74 Å². The van der Waals surface area contributed by atoms with E-state index in [0.29, 0.717) is 18.2 Å². The monoisotopic (exact) mass is 230 g/mol. The molecule has 1 aromatic heterocycles. The number of pyridine rings is 1. The van der Waals surface area contributed by atoms with Crippen LogP contribution in [0.1, 0.15) is 5.56 Å². The van der Waals surface area contributed by atoms with Crippen LogP contribution in [0.3, 0.4) is 0 Å². The molecule has 4 heteroatoms. The molecule has 0 atom stereocenters. The van der Waals surface area contributed by atoms with Crippen LogP contribution in [0.4, 0.5) is 5.69 Å². The first kappa shape index (κ1) is 11.3. The lowest BCUT2D eigenvalue weighted by molar-refractivity contribution is 0.398. The van der Waals surface area contributed by atoms with Crippen LogP contribution in [0.2, 0.25) is 0 Å². The predicted molar refractivity (Wildman–Crippen MR) is 66.2 cm³/mol. The molecule has 0 aliphatic rings. The zero-order chi connectivity index (χ0) is 12.1. The molecule has 0 saturated carbocycles. The number of phenols is 1. The highest BCUT2D eigenvalue weighted by molar-refractivity contribution is 5.44. The van der Waals surface area contributed by atoms with E-state index in [0.717, 1.165) is 11.3 Å². The lowest BCUT2D eigenvalue weighted by Gasteiger charge is -2.08. The zero-order valence-electron chi connectivity index (χ0n) is 9.55. The van der Waals surface area contributed by atoms with Crippen LogP contribution in [0.5, 0.6) is 11.6 Å². The highest BCUT2D eigenvalue weighted by atomic mass is 16.5. The smallest absolute Gasteiger partial charge is 0.213 e. The van der Waals surface area contributed by atoms with Gasteiger partial charge in [0.2, 0.25) is 5.88 Å². The van der Waals surface area contributed by atoms with Gasteiger partial charge in [-0.2, -0.15) is 0 Å². The zero-order valence-corrected chi connectivity index (χ0v) is 9.55. The molecule has 0 spiro atoms. The molecule has 2 N–H and O–H groups in total. The van der Waals surface area contributed by atoms with Gasteiger partial charge in [0.25, 0.3) is 0 Å². The van der Waals surface area contributed by atoms with Gasteiger partial charge in [-0.25, -0.2) is 4.98 Å². The molecule has 0 aliphatic heterocycles. The Morgan fingerprint density at radius 2 is 2.06 bits per heavy atom. The Labute approximate surface area is 99.9 Å². The van der Waals surface area contributed by atoms with Crippen LogP contribution in [-0.2, 0) is 6.54 Å². The largest absolute Gasteiger partial charge is 0.508 e. The van der Waals surface area contributed by atoms with E-state index < -0.39 is 0 Å². The molecule has 0 fully saturated rings. The Morgan fingerprint density at radius 1 is 1.24 bits per heavy atom. The number of hydrogen-bond acceptors (Lipinski definition) is 4. The number of para-hydroxylation sites is 1. The van der Waals surface area contributed by atoms with Crippen molar-refractivity contribution in [2.75, 3.05) is 12.4 Å². The average molecular weight is 230 g/mol. The maximum Gasteiger partial charge on any atom is 0.213 e. The van der Waals surface area contributed by atoms with E-state index in [1.807, 2.05) is 18.2 Å². The maximum absolute atomic E-state index is 9.60. The molecule has 17 heavy (non-hydrogen) atoms. The third-order valence-electron chi connectivity index (χ3n) is 2.42. The van der Waals surface area contributed by atoms with Gasteiger partial charge in [0.05, 0.1) is 19.0 Å². The van der Waals surface area contributed by atoms with Gasteiger partial charge in [0, 0.05) is 18.2 Å². The first-order chi connectivity index (χ1) is 8.29. The predicted octanol–water partition coefficient (Wildman–Crippen LogP) is 2.41. The molecule has 0 bridgehead atoms. The van der Waals surface area contributed by atoms with Gasteiger partial charge in [-0.1, -0.05) is 18.2 Å². The molecule has 0 aliphatic carbocycles. The molecule has 88 valence electrons. The minimum Gasteiger partial charge on any atom is -0.508 e. The summed E-state index contributed by atoms with van der Waals surface area (Å²) >= 11 is 0. The SMILES string of the molecule is COc1ccc(NCc2ccccc2O)cn1. The van der Waals surface area contributed by atoms with E-state index >= 15 is 0 Å². The summed E-state index contributed by atoms with van der Waals surface area (Å²) in [4.78, 5) is 4.08. The molecule has 0 radical (unpaired) electrons. The number of rotatable bonds is 4. The fourth-order valence-corrected chi connectivity index (χ4v) is 1.46. The van der Waals surface area contributed by atoms with Crippen molar-refractivity contribution in [3.8, 4) is 11.6 Å². The van der Waals surface area contributed by atoms with E-state index in [1.54, 1.807) is 31.5 Å². The number of benzene rings is 1. The average Bonchev–Trinajstić information content (AvgIpc) is 2.38. The molecule has 2 rings (SSSR count). The molecule has 1 aromatic carbocycles. The summed E-state index contributed by atoms with van der Waals surface area (Å²) in [5.41, 5.74) is 1.73. The third-order valence-corrected chi connectivity index (χ3v) is 2.42. The highest BCUT2D eigenvalue weighted by Crippen LogP contribution is 2.18. The van der Waals surface area contributed by atoms with Gasteiger partial charge in [0.15, 0.2) is 0 Å². The Balaban J connectivity index is 2.00. The Morgan fingerprint density at radius 3 is 2.71 bits per heavy atom. The van der Waals surface area contributed by atoms with Gasteiger partial charge >= 0.3 is 0 Å². The fraction of sp³-hybridized carbons (Fsp3) is 0.154. The number of phenolic OH excluding ortho intramolecular Hbond substituents is 1. The summed E-state index contributed by atoms with van der Waals surface area (Å²) in [5, 5.41) is 12.8. The topological polar surface area (TPSA) is 54.4 Å². The Bertz CT molecular complexity index is 483. The van der Waals surface area contributed by atoms with E-state index in [-0.39, 0.29) is 0 Å². The van der Waals surface area contributed by atoms with Crippen LogP contribution < -0.4 is 10.1 Å². The third kappa shape index (κ3) is 2.87. The van der Waals surface area contributed by atoms with Crippen molar-refractivity contribution in [3.63, 3.8) is 0 Å².